The average molecular weight is 366 g/mol. The monoisotopic (exact) mass is 364 g/mol. The molecule has 0 N–H and O–H groups in total. The average Bonchev–Trinajstić information content (AvgIpc) is 2.73. The standard InChI is InChI=1S/C18H18BrClO/c1-11-5-4-6-14(17(11)20)16(19)12-7-8-15-13(9-12)10-18(2,3)21-15/h4-9,16H,10H2,1-3H3. The van der Waals surface area contributed by atoms with E-state index in [1.807, 2.05) is 19.1 Å². The van der Waals surface area contributed by atoms with Gasteiger partial charge in [-0.15, -0.1) is 0 Å². The highest BCUT2D eigenvalue weighted by Gasteiger charge is 2.30. The summed E-state index contributed by atoms with van der Waals surface area (Å²) in [5, 5.41) is 0.830. The van der Waals surface area contributed by atoms with Gasteiger partial charge in [0.05, 0.1) is 4.83 Å². The Morgan fingerprint density at radius 2 is 2.00 bits per heavy atom. The molecule has 0 radical (unpaired) electrons. The summed E-state index contributed by atoms with van der Waals surface area (Å²) in [4.78, 5) is 0.0962. The summed E-state index contributed by atoms with van der Waals surface area (Å²) < 4.78 is 5.94. The van der Waals surface area contributed by atoms with Gasteiger partial charge in [-0.3, -0.25) is 0 Å². The number of aryl methyl sites for hydroxylation is 1. The van der Waals surface area contributed by atoms with E-state index in [1.165, 1.54) is 11.1 Å². The second-order valence-corrected chi connectivity index (χ2v) is 7.54. The number of fused-ring (bicyclic) bond motifs is 1. The Labute approximate surface area is 139 Å². The fourth-order valence-electron chi connectivity index (χ4n) is 2.83. The predicted octanol–water partition coefficient (Wildman–Crippen LogP) is 5.85. The molecule has 0 amide bonds. The third-order valence-corrected chi connectivity index (χ3v) is 5.41. The van der Waals surface area contributed by atoms with Crippen LogP contribution in [0.4, 0.5) is 0 Å². The molecule has 0 spiro atoms. The number of hydrogen-bond acceptors (Lipinski definition) is 1. The van der Waals surface area contributed by atoms with Crippen LogP contribution in [0, 0.1) is 6.92 Å². The highest BCUT2D eigenvalue weighted by Crippen LogP contribution is 2.41. The van der Waals surface area contributed by atoms with Gasteiger partial charge in [-0.1, -0.05) is 57.9 Å². The molecule has 0 fully saturated rings. The lowest BCUT2D eigenvalue weighted by Crippen LogP contribution is -2.24. The molecule has 1 atom stereocenters. The van der Waals surface area contributed by atoms with E-state index in [-0.39, 0.29) is 10.4 Å². The van der Waals surface area contributed by atoms with Crippen molar-refractivity contribution in [2.24, 2.45) is 0 Å². The van der Waals surface area contributed by atoms with Crippen molar-refractivity contribution in [2.45, 2.75) is 37.6 Å². The number of ether oxygens (including phenoxy) is 1. The first-order valence-corrected chi connectivity index (χ1v) is 8.38. The maximum Gasteiger partial charge on any atom is 0.123 e. The first-order chi connectivity index (χ1) is 9.87. The van der Waals surface area contributed by atoms with Crippen LogP contribution in [0.15, 0.2) is 36.4 Å². The molecule has 2 aromatic carbocycles. The molecule has 0 bridgehead atoms. The summed E-state index contributed by atoms with van der Waals surface area (Å²) in [6.45, 7) is 6.27. The van der Waals surface area contributed by atoms with Gasteiger partial charge in [-0.05, 0) is 49.1 Å². The van der Waals surface area contributed by atoms with Gasteiger partial charge in [0.2, 0.25) is 0 Å². The van der Waals surface area contributed by atoms with Gasteiger partial charge in [-0.2, -0.15) is 0 Å². The molecule has 3 rings (SSSR count). The van der Waals surface area contributed by atoms with Crippen molar-refractivity contribution in [3.63, 3.8) is 0 Å². The molecule has 2 aromatic rings. The number of rotatable bonds is 2. The molecule has 3 heteroatoms. The molecule has 0 saturated carbocycles. The molecule has 1 unspecified atom stereocenters. The molecule has 1 aliphatic heterocycles. The predicted molar refractivity (Wildman–Crippen MR) is 91.8 cm³/mol. The number of hydrogen-bond donors (Lipinski definition) is 0. The van der Waals surface area contributed by atoms with E-state index in [1.54, 1.807) is 0 Å². The van der Waals surface area contributed by atoms with Gasteiger partial charge >= 0.3 is 0 Å². The van der Waals surface area contributed by atoms with Gasteiger partial charge in [0.15, 0.2) is 0 Å². The van der Waals surface area contributed by atoms with E-state index < -0.39 is 0 Å². The van der Waals surface area contributed by atoms with Gasteiger partial charge < -0.3 is 4.74 Å². The summed E-state index contributed by atoms with van der Waals surface area (Å²) in [5.74, 6) is 0.999. The number of halogens is 2. The Hall–Kier alpha value is -0.990. The van der Waals surface area contributed by atoms with E-state index in [4.69, 9.17) is 16.3 Å². The van der Waals surface area contributed by atoms with Crippen LogP contribution in [0.2, 0.25) is 5.02 Å². The first-order valence-electron chi connectivity index (χ1n) is 7.08. The molecule has 110 valence electrons. The van der Waals surface area contributed by atoms with Crippen molar-refractivity contribution < 1.29 is 4.74 Å². The number of alkyl halides is 1. The van der Waals surface area contributed by atoms with E-state index >= 15 is 0 Å². The smallest absolute Gasteiger partial charge is 0.123 e. The molecule has 21 heavy (non-hydrogen) atoms. The van der Waals surface area contributed by atoms with Crippen molar-refractivity contribution in [2.75, 3.05) is 0 Å². The van der Waals surface area contributed by atoms with Crippen LogP contribution < -0.4 is 4.74 Å². The van der Waals surface area contributed by atoms with Gasteiger partial charge in [-0.25, -0.2) is 0 Å². The maximum atomic E-state index is 6.45. The van der Waals surface area contributed by atoms with Gasteiger partial charge in [0.1, 0.15) is 11.4 Å². The molecular weight excluding hydrogens is 348 g/mol. The Balaban J connectivity index is 1.97. The largest absolute Gasteiger partial charge is 0.487 e. The zero-order valence-corrected chi connectivity index (χ0v) is 14.8. The highest BCUT2D eigenvalue weighted by atomic mass is 79.9. The summed E-state index contributed by atoms with van der Waals surface area (Å²) in [7, 11) is 0. The van der Waals surface area contributed by atoms with Crippen LogP contribution in [0.5, 0.6) is 5.75 Å². The minimum absolute atomic E-state index is 0.0962. The van der Waals surface area contributed by atoms with Gasteiger partial charge in [0.25, 0.3) is 0 Å². The van der Waals surface area contributed by atoms with Crippen molar-refractivity contribution in [3.8, 4) is 5.75 Å². The van der Waals surface area contributed by atoms with Crippen LogP contribution in [0.25, 0.3) is 0 Å². The Morgan fingerprint density at radius 3 is 2.76 bits per heavy atom. The lowest BCUT2D eigenvalue weighted by molar-refractivity contribution is 0.138. The van der Waals surface area contributed by atoms with Crippen LogP contribution >= 0.6 is 27.5 Å². The third-order valence-electron chi connectivity index (χ3n) is 3.87. The van der Waals surface area contributed by atoms with Crippen LogP contribution in [-0.2, 0) is 6.42 Å². The van der Waals surface area contributed by atoms with Crippen molar-refractivity contribution in [1.82, 2.24) is 0 Å². The fraction of sp³-hybridized carbons (Fsp3) is 0.333. The Bertz CT molecular complexity index is 694. The lowest BCUT2D eigenvalue weighted by Gasteiger charge is -2.16. The van der Waals surface area contributed by atoms with Crippen LogP contribution in [-0.4, -0.2) is 5.60 Å². The molecule has 1 heterocycles. The lowest BCUT2D eigenvalue weighted by atomic mass is 9.97. The maximum absolute atomic E-state index is 6.45. The Morgan fingerprint density at radius 1 is 1.24 bits per heavy atom. The summed E-state index contributed by atoms with van der Waals surface area (Å²) in [6, 6.07) is 12.6. The topological polar surface area (TPSA) is 9.23 Å². The zero-order chi connectivity index (χ0) is 15.2. The minimum Gasteiger partial charge on any atom is -0.487 e. The van der Waals surface area contributed by atoms with E-state index in [0.717, 1.165) is 28.3 Å². The molecule has 0 aromatic heterocycles. The first kappa shape index (κ1) is 14.9. The molecule has 1 nitrogen and oxygen atoms in total. The second kappa shape index (κ2) is 5.33. The van der Waals surface area contributed by atoms with Crippen LogP contribution in [0.1, 0.15) is 40.9 Å². The minimum atomic E-state index is -0.107. The normalized spacial score (nSPS) is 17.2. The second-order valence-electron chi connectivity index (χ2n) is 6.25. The molecular formula is C18H18BrClO. The third kappa shape index (κ3) is 2.84. The van der Waals surface area contributed by atoms with Crippen molar-refractivity contribution in [1.29, 1.82) is 0 Å². The highest BCUT2D eigenvalue weighted by molar-refractivity contribution is 9.09. The van der Waals surface area contributed by atoms with Crippen LogP contribution in [0.3, 0.4) is 0 Å². The zero-order valence-electron chi connectivity index (χ0n) is 12.4. The van der Waals surface area contributed by atoms with E-state index in [9.17, 15) is 0 Å². The molecule has 0 saturated heterocycles. The Kier molecular flexibility index (Phi) is 3.79. The number of benzene rings is 2. The summed E-state index contributed by atoms with van der Waals surface area (Å²) in [6.07, 6.45) is 0.942. The van der Waals surface area contributed by atoms with Crippen molar-refractivity contribution in [3.05, 3.63) is 63.7 Å². The van der Waals surface area contributed by atoms with E-state index in [2.05, 4.69) is 54.0 Å². The molecule has 0 aliphatic carbocycles. The van der Waals surface area contributed by atoms with Gasteiger partial charge in [0, 0.05) is 11.4 Å². The van der Waals surface area contributed by atoms with Crippen molar-refractivity contribution >= 4 is 27.5 Å². The SMILES string of the molecule is Cc1cccc(C(Br)c2ccc3c(c2)CC(C)(C)O3)c1Cl. The fourth-order valence-corrected chi connectivity index (χ4v) is 3.87. The quantitative estimate of drug-likeness (QED) is 0.607. The van der Waals surface area contributed by atoms with E-state index in [0.29, 0.717) is 0 Å². The summed E-state index contributed by atoms with van der Waals surface area (Å²) in [5.41, 5.74) is 4.58. The molecule has 1 aliphatic rings. The summed E-state index contributed by atoms with van der Waals surface area (Å²) >= 11 is 10.2.